The summed E-state index contributed by atoms with van der Waals surface area (Å²) in [5, 5.41) is 10.2. The van der Waals surface area contributed by atoms with Crippen LogP contribution in [-0.4, -0.2) is 22.2 Å². The van der Waals surface area contributed by atoms with E-state index in [4.69, 9.17) is 4.74 Å². The van der Waals surface area contributed by atoms with E-state index in [9.17, 15) is 9.90 Å². The van der Waals surface area contributed by atoms with Crippen LogP contribution in [0, 0.1) is 0 Å². The van der Waals surface area contributed by atoms with E-state index in [0.29, 0.717) is 10.9 Å². The van der Waals surface area contributed by atoms with E-state index in [1.165, 1.54) is 0 Å². The predicted octanol–water partition coefficient (Wildman–Crippen LogP) is 2.51. The molecule has 4 heteroatoms. The van der Waals surface area contributed by atoms with Crippen LogP contribution in [-0.2, 0) is 4.74 Å². The van der Waals surface area contributed by atoms with Crippen LogP contribution < -0.4 is 0 Å². The molecule has 1 N–H and O–H groups in total. The number of carbonyl (C=O) groups excluding carboxylic acids is 1. The minimum absolute atomic E-state index is 0.152. The number of aromatic hydroxyl groups is 1. The second kappa shape index (κ2) is 4.41. The van der Waals surface area contributed by atoms with Crippen LogP contribution in [0.4, 0.5) is 0 Å². The fourth-order valence-electron chi connectivity index (χ4n) is 1.53. The Kier molecular flexibility index (Phi) is 2.95. The Balaban J connectivity index is 2.42. The van der Waals surface area contributed by atoms with Gasteiger partial charge in [0, 0.05) is 5.39 Å². The van der Waals surface area contributed by atoms with E-state index in [2.05, 4.69) is 4.98 Å². The standard InChI is InChI=1S/C13H13NO3/c1-8(2)17-13(16)11-7-6-9-10(14-11)4-3-5-12(9)15/h3-8,15H,1-2H3. The van der Waals surface area contributed by atoms with Crippen LogP contribution >= 0.6 is 0 Å². The SMILES string of the molecule is CC(C)OC(=O)c1ccc2c(O)cccc2n1. The third-order valence-electron chi connectivity index (χ3n) is 2.26. The number of esters is 1. The number of carbonyl (C=O) groups is 1. The monoisotopic (exact) mass is 231 g/mol. The Hall–Kier alpha value is -2.10. The number of hydrogen-bond acceptors (Lipinski definition) is 4. The summed E-state index contributed by atoms with van der Waals surface area (Å²) in [6.45, 7) is 3.57. The average molecular weight is 231 g/mol. The molecule has 2 aromatic rings. The van der Waals surface area contributed by atoms with Gasteiger partial charge in [0.05, 0.1) is 11.6 Å². The van der Waals surface area contributed by atoms with Crippen molar-refractivity contribution in [1.82, 2.24) is 4.98 Å². The molecule has 2 rings (SSSR count). The Morgan fingerprint density at radius 2 is 2.06 bits per heavy atom. The summed E-state index contributed by atoms with van der Waals surface area (Å²) in [7, 11) is 0. The molecule has 1 heterocycles. The first kappa shape index (κ1) is 11.4. The number of aromatic nitrogens is 1. The van der Waals surface area contributed by atoms with E-state index in [1.54, 1.807) is 44.2 Å². The molecule has 0 aliphatic carbocycles. The van der Waals surface area contributed by atoms with Crippen LogP contribution in [0.3, 0.4) is 0 Å². The van der Waals surface area contributed by atoms with E-state index < -0.39 is 5.97 Å². The molecule has 4 nitrogen and oxygen atoms in total. The van der Waals surface area contributed by atoms with Crippen molar-refractivity contribution >= 4 is 16.9 Å². The van der Waals surface area contributed by atoms with Gasteiger partial charge in [0.1, 0.15) is 11.4 Å². The predicted molar refractivity (Wildman–Crippen MR) is 64.0 cm³/mol. The quantitative estimate of drug-likeness (QED) is 0.807. The highest BCUT2D eigenvalue weighted by molar-refractivity contribution is 5.92. The molecule has 0 spiro atoms. The average Bonchev–Trinajstić information content (AvgIpc) is 2.28. The fraction of sp³-hybridized carbons (Fsp3) is 0.231. The number of phenols is 1. The number of pyridine rings is 1. The topological polar surface area (TPSA) is 59.4 Å². The maximum absolute atomic E-state index is 11.6. The molecular weight excluding hydrogens is 218 g/mol. The zero-order chi connectivity index (χ0) is 12.4. The second-order valence-electron chi connectivity index (χ2n) is 3.99. The van der Waals surface area contributed by atoms with Crippen LogP contribution in [0.15, 0.2) is 30.3 Å². The number of benzene rings is 1. The zero-order valence-electron chi connectivity index (χ0n) is 9.68. The number of nitrogens with zero attached hydrogens (tertiary/aromatic N) is 1. The third kappa shape index (κ3) is 2.36. The van der Waals surface area contributed by atoms with Gasteiger partial charge in [-0.05, 0) is 38.1 Å². The van der Waals surface area contributed by atoms with Crippen molar-refractivity contribution in [2.75, 3.05) is 0 Å². The summed E-state index contributed by atoms with van der Waals surface area (Å²) in [6.07, 6.45) is -0.177. The first-order valence-electron chi connectivity index (χ1n) is 5.37. The number of fused-ring (bicyclic) bond motifs is 1. The normalized spacial score (nSPS) is 10.8. The molecular formula is C13H13NO3. The summed E-state index contributed by atoms with van der Waals surface area (Å²) >= 11 is 0. The molecule has 0 amide bonds. The Bertz CT molecular complexity index is 564. The van der Waals surface area contributed by atoms with Crippen molar-refractivity contribution in [1.29, 1.82) is 0 Å². The van der Waals surface area contributed by atoms with Gasteiger partial charge in [-0.3, -0.25) is 0 Å². The number of ether oxygens (including phenoxy) is 1. The highest BCUT2D eigenvalue weighted by atomic mass is 16.5. The molecule has 17 heavy (non-hydrogen) atoms. The third-order valence-corrected chi connectivity index (χ3v) is 2.26. The maximum atomic E-state index is 11.6. The van der Waals surface area contributed by atoms with Crippen molar-refractivity contribution in [3.05, 3.63) is 36.0 Å². The Labute approximate surface area is 98.9 Å². The Morgan fingerprint density at radius 3 is 2.76 bits per heavy atom. The van der Waals surface area contributed by atoms with Gasteiger partial charge in [-0.15, -0.1) is 0 Å². The van der Waals surface area contributed by atoms with Gasteiger partial charge in [0.25, 0.3) is 0 Å². The van der Waals surface area contributed by atoms with Crippen molar-refractivity contribution in [3.63, 3.8) is 0 Å². The molecule has 0 aliphatic rings. The van der Waals surface area contributed by atoms with Gasteiger partial charge in [0.2, 0.25) is 0 Å². The number of rotatable bonds is 2. The van der Waals surface area contributed by atoms with Gasteiger partial charge in [-0.25, -0.2) is 9.78 Å². The van der Waals surface area contributed by atoms with Crippen LogP contribution in [0.1, 0.15) is 24.3 Å². The van der Waals surface area contributed by atoms with E-state index in [-0.39, 0.29) is 17.5 Å². The smallest absolute Gasteiger partial charge is 0.357 e. The summed E-state index contributed by atoms with van der Waals surface area (Å²) in [5.41, 5.74) is 0.819. The summed E-state index contributed by atoms with van der Waals surface area (Å²) in [6, 6.07) is 8.21. The lowest BCUT2D eigenvalue weighted by Gasteiger charge is -2.08. The molecule has 0 atom stereocenters. The minimum atomic E-state index is -0.453. The Morgan fingerprint density at radius 1 is 1.29 bits per heavy atom. The van der Waals surface area contributed by atoms with Gasteiger partial charge in [-0.2, -0.15) is 0 Å². The number of phenolic OH excluding ortho intramolecular Hbond substituents is 1. The molecule has 0 fully saturated rings. The molecule has 0 radical (unpaired) electrons. The van der Waals surface area contributed by atoms with Crippen molar-refractivity contribution in [2.45, 2.75) is 20.0 Å². The zero-order valence-corrected chi connectivity index (χ0v) is 9.68. The van der Waals surface area contributed by atoms with Gasteiger partial charge in [0.15, 0.2) is 0 Å². The summed E-state index contributed by atoms with van der Waals surface area (Å²) in [4.78, 5) is 15.8. The maximum Gasteiger partial charge on any atom is 0.357 e. The van der Waals surface area contributed by atoms with Gasteiger partial charge >= 0.3 is 5.97 Å². The summed E-state index contributed by atoms with van der Waals surface area (Å²) in [5.74, 6) is -0.302. The molecule has 0 saturated heterocycles. The first-order chi connectivity index (χ1) is 8.08. The molecule has 0 bridgehead atoms. The van der Waals surface area contributed by atoms with E-state index in [1.807, 2.05) is 0 Å². The molecule has 1 aromatic carbocycles. The first-order valence-corrected chi connectivity index (χ1v) is 5.37. The fourth-order valence-corrected chi connectivity index (χ4v) is 1.53. The van der Waals surface area contributed by atoms with E-state index >= 15 is 0 Å². The lowest BCUT2D eigenvalue weighted by Crippen LogP contribution is -2.12. The molecule has 0 unspecified atom stereocenters. The van der Waals surface area contributed by atoms with Gasteiger partial charge < -0.3 is 9.84 Å². The largest absolute Gasteiger partial charge is 0.507 e. The minimum Gasteiger partial charge on any atom is -0.507 e. The van der Waals surface area contributed by atoms with E-state index in [0.717, 1.165) is 0 Å². The summed E-state index contributed by atoms with van der Waals surface area (Å²) < 4.78 is 5.05. The highest BCUT2D eigenvalue weighted by Gasteiger charge is 2.12. The molecule has 1 aromatic heterocycles. The van der Waals surface area contributed by atoms with Crippen LogP contribution in [0.2, 0.25) is 0 Å². The van der Waals surface area contributed by atoms with Crippen LogP contribution in [0.5, 0.6) is 5.75 Å². The lowest BCUT2D eigenvalue weighted by atomic mass is 10.2. The molecule has 88 valence electrons. The lowest BCUT2D eigenvalue weighted by molar-refractivity contribution is 0.0371. The highest BCUT2D eigenvalue weighted by Crippen LogP contribution is 2.22. The van der Waals surface area contributed by atoms with Gasteiger partial charge in [-0.1, -0.05) is 6.07 Å². The van der Waals surface area contributed by atoms with Crippen molar-refractivity contribution < 1.29 is 14.6 Å². The molecule has 0 saturated carbocycles. The van der Waals surface area contributed by atoms with Crippen LogP contribution in [0.25, 0.3) is 10.9 Å². The second-order valence-corrected chi connectivity index (χ2v) is 3.99. The molecule has 0 aliphatic heterocycles. The number of hydrogen-bond donors (Lipinski definition) is 1. The van der Waals surface area contributed by atoms with Crippen molar-refractivity contribution in [3.8, 4) is 5.75 Å². The van der Waals surface area contributed by atoms with Crippen molar-refractivity contribution in [2.24, 2.45) is 0 Å².